The predicted molar refractivity (Wildman–Crippen MR) is 65.0 cm³/mol. The van der Waals surface area contributed by atoms with Gasteiger partial charge in [-0.25, -0.2) is 0 Å². The maximum Gasteiger partial charge on any atom is 0.303 e. The van der Waals surface area contributed by atoms with Crippen molar-refractivity contribution >= 4 is 11.9 Å². The molecule has 0 fully saturated rings. The van der Waals surface area contributed by atoms with Crippen LogP contribution in [0.2, 0.25) is 0 Å². The molecule has 0 saturated heterocycles. The largest absolute Gasteiger partial charge is 0.481 e. The Balaban J connectivity index is 2.34. The molecule has 6 heteroatoms. The van der Waals surface area contributed by atoms with Crippen LogP contribution in [0.3, 0.4) is 0 Å². The highest BCUT2D eigenvalue weighted by Gasteiger charge is 2.12. The van der Waals surface area contributed by atoms with Gasteiger partial charge in [0.1, 0.15) is 5.76 Å². The van der Waals surface area contributed by atoms with Crippen molar-refractivity contribution in [2.45, 2.75) is 26.3 Å². The molecule has 0 radical (unpaired) electrons. The monoisotopic (exact) mass is 254 g/mol. The minimum atomic E-state index is -0.827. The quantitative estimate of drug-likeness (QED) is 0.672. The van der Waals surface area contributed by atoms with E-state index in [0.29, 0.717) is 18.7 Å². The van der Waals surface area contributed by atoms with Crippen LogP contribution >= 0.6 is 0 Å². The van der Waals surface area contributed by atoms with E-state index in [-0.39, 0.29) is 30.6 Å². The Hall–Kier alpha value is -1.82. The number of nitrogens with two attached hydrogens (primary N) is 1. The second-order valence-corrected chi connectivity index (χ2v) is 4.22. The molecule has 1 heterocycles. The van der Waals surface area contributed by atoms with Gasteiger partial charge in [0.2, 0.25) is 0 Å². The van der Waals surface area contributed by atoms with Gasteiger partial charge in [0.05, 0.1) is 6.54 Å². The zero-order valence-electron chi connectivity index (χ0n) is 10.3. The summed E-state index contributed by atoms with van der Waals surface area (Å²) in [7, 11) is 0. The predicted octanol–water partition coefficient (Wildman–Crippen LogP) is 0.969. The van der Waals surface area contributed by atoms with E-state index in [1.54, 1.807) is 12.1 Å². The maximum atomic E-state index is 11.7. The van der Waals surface area contributed by atoms with Crippen molar-refractivity contribution < 1.29 is 19.1 Å². The summed E-state index contributed by atoms with van der Waals surface area (Å²) in [6.07, 6.45) is 0.636. The van der Waals surface area contributed by atoms with Gasteiger partial charge in [0.15, 0.2) is 5.76 Å². The fourth-order valence-electron chi connectivity index (χ4n) is 1.44. The van der Waals surface area contributed by atoms with Gasteiger partial charge in [0, 0.05) is 13.0 Å². The highest BCUT2D eigenvalue weighted by Crippen LogP contribution is 2.08. The Morgan fingerprint density at radius 1 is 1.50 bits per heavy atom. The van der Waals surface area contributed by atoms with E-state index in [9.17, 15) is 9.59 Å². The van der Waals surface area contributed by atoms with Gasteiger partial charge in [-0.05, 0) is 24.5 Å². The van der Waals surface area contributed by atoms with Crippen molar-refractivity contribution in [3.8, 4) is 0 Å². The third-order valence-electron chi connectivity index (χ3n) is 2.55. The van der Waals surface area contributed by atoms with Gasteiger partial charge < -0.3 is 20.6 Å². The van der Waals surface area contributed by atoms with E-state index >= 15 is 0 Å². The fraction of sp³-hybridized carbons (Fsp3) is 0.500. The molecule has 0 aliphatic carbocycles. The number of carboxylic acid groups (broad SMARTS) is 1. The fourth-order valence-corrected chi connectivity index (χ4v) is 1.44. The number of hydrogen-bond donors (Lipinski definition) is 3. The van der Waals surface area contributed by atoms with Crippen molar-refractivity contribution in [2.24, 2.45) is 11.7 Å². The molecule has 1 atom stereocenters. The topological polar surface area (TPSA) is 106 Å². The Morgan fingerprint density at radius 2 is 2.22 bits per heavy atom. The number of carboxylic acids is 1. The van der Waals surface area contributed by atoms with Crippen LogP contribution in [-0.4, -0.2) is 23.5 Å². The summed E-state index contributed by atoms with van der Waals surface area (Å²) in [4.78, 5) is 22.0. The normalized spacial score (nSPS) is 12.1. The number of carbonyl (C=O) groups excluding carboxylic acids is 1. The molecule has 0 spiro atoms. The molecule has 1 amide bonds. The lowest BCUT2D eigenvalue weighted by Crippen LogP contribution is -2.28. The zero-order valence-corrected chi connectivity index (χ0v) is 10.3. The highest BCUT2D eigenvalue weighted by atomic mass is 16.4. The van der Waals surface area contributed by atoms with Gasteiger partial charge in [-0.1, -0.05) is 6.92 Å². The minimum Gasteiger partial charge on any atom is -0.481 e. The second-order valence-electron chi connectivity index (χ2n) is 4.22. The van der Waals surface area contributed by atoms with E-state index in [2.05, 4.69) is 5.32 Å². The molecule has 1 unspecified atom stereocenters. The molecule has 0 aliphatic heterocycles. The molecule has 1 aromatic heterocycles. The van der Waals surface area contributed by atoms with Crippen LogP contribution in [0.25, 0.3) is 0 Å². The summed E-state index contributed by atoms with van der Waals surface area (Å²) in [5.41, 5.74) is 5.37. The standard InChI is InChI=1S/C12H18N2O4/c1-8(2-5-11(15)16)7-14-12(17)10-4-3-9(6-13)18-10/h3-4,8H,2,5-7,13H2,1H3,(H,14,17)(H,15,16). The number of carbonyl (C=O) groups is 2. The molecular weight excluding hydrogens is 236 g/mol. The smallest absolute Gasteiger partial charge is 0.303 e. The summed E-state index contributed by atoms with van der Waals surface area (Å²) in [5.74, 6) is -0.252. The second kappa shape index (κ2) is 6.80. The number of amides is 1. The van der Waals surface area contributed by atoms with Crippen LogP contribution in [0, 0.1) is 5.92 Å². The molecule has 100 valence electrons. The zero-order chi connectivity index (χ0) is 13.5. The van der Waals surface area contributed by atoms with Crippen molar-refractivity contribution in [1.82, 2.24) is 5.32 Å². The van der Waals surface area contributed by atoms with Crippen molar-refractivity contribution in [2.75, 3.05) is 6.54 Å². The van der Waals surface area contributed by atoms with Crippen molar-refractivity contribution in [3.63, 3.8) is 0 Å². The third-order valence-corrected chi connectivity index (χ3v) is 2.55. The average Bonchev–Trinajstić information content (AvgIpc) is 2.82. The number of nitrogens with one attached hydrogen (secondary N) is 1. The summed E-state index contributed by atoms with van der Waals surface area (Å²) in [6, 6.07) is 3.22. The Labute approximate surface area is 105 Å². The molecule has 1 rings (SSSR count). The molecule has 0 aliphatic rings. The van der Waals surface area contributed by atoms with E-state index < -0.39 is 5.97 Å². The molecule has 0 bridgehead atoms. The van der Waals surface area contributed by atoms with Gasteiger partial charge in [-0.3, -0.25) is 9.59 Å². The Kier molecular flexibility index (Phi) is 5.38. The first-order chi connectivity index (χ1) is 8.52. The average molecular weight is 254 g/mol. The number of aliphatic carboxylic acids is 1. The lowest BCUT2D eigenvalue weighted by molar-refractivity contribution is -0.137. The summed E-state index contributed by atoms with van der Waals surface area (Å²) in [5, 5.41) is 11.2. The van der Waals surface area contributed by atoms with Gasteiger partial charge in [-0.2, -0.15) is 0 Å². The molecule has 6 nitrogen and oxygen atoms in total. The summed E-state index contributed by atoms with van der Waals surface area (Å²) >= 11 is 0. The van der Waals surface area contributed by atoms with Crippen LogP contribution in [0.5, 0.6) is 0 Å². The first-order valence-corrected chi connectivity index (χ1v) is 5.81. The Morgan fingerprint density at radius 3 is 2.78 bits per heavy atom. The van der Waals surface area contributed by atoms with E-state index in [1.807, 2.05) is 6.92 Å². The molecule has 0 aromatic carbocycles. The van der Waals surface area contributed by atoms with E-state index in [4.69, 9.17) is 15.3 Å². The lowest BCUT2D eigenvalue weighted by atomic mass is 10.1. The van der Waals surface area contributed by atoms with Crippen LogP contribution in [-0.2, 0) is 11.3 Å². The van der Waals surface area contributed by atoms with E-state index in [0.717, 1.165) is 0 Å². The summed E-state index contributed by atoms with van der Waals surface area (Å²) in [6.45, 7) is 2.56. The van der Waals surface area contributed by atoms with Crippen LogP contribution in [0.15, 0.2) is 16.5 Å². The first-order valence-electron chi connectivity index (χ1n) is 5.81. The molecule has 0 saturated carbocycles. The van der Waals surface area contributed by atoms with E-state index in [1.165, 1.54) is 0 Å². The van der Waals surface area contributed by atoms with Gasteiger partial charge in [0.25, 0.3) is 5.91 Å². The third kappa shape index (κ3) is 4.58. The SMILES string of the molecule is CC(CCC(=O)O)CNC(=O)c1ccc(CN)o1. The number of furan rings is 1. The molecule has 4 N–H and O–H groups in total. The Bertz CT molecular complexity index is 414. The van der Waals surface area contributed by atoms with Crippen LogP contribution in [0.4, 0.5) is 0 Å². The number of rotatable bonds is 7. The van der Waals surface area contributed by atoms with Crippen LogP contribution in [0.1, 0.15) is 36.1 Å². The molecular formula is C12H18N2O4. The summed E-state index contributed by atoms with van der Waals surface area (Å²) < 4.78 is 5.19. The van der Waals surface area contributed by atoms with Gasteiger partial charge in [-0.15, -0.1) is 0 Å². The maximum absolute atomic E-state index is 11.7. The minimum absolute atomic E-state index is 0.106. The number of hydrogen-bond acceptors (Lipinski definition) is 4. The molecule has 1 aromatic rings. The first kappa shape index (κ1) is 14.2. The van der Waals surface area contributed by atoms with Gasteiger partial charge >= 0.3 is 5.97 Å². The van der Waals surface area contributed by atoms with Crippen molar-refractivity contribution in [3.05, 3.63) is 23.7 Å². The molecule has 18 heavy (non-hydrogen) atoms. The van der Waals surface area contributed by atoms with Crippen LogP contribution < -0.4 is 11.1 Å². The highest BCUT2D eigenvalue weighted by molar-refractivity contribution is 5.91. The van der Waals surface area contributed by atoms with Crippen molar-refractivity contribution in [1.29, 1.82) is 0 Å². The lowest BCUT2D eigenvalue weighted by Gasteiger charge is -2.10.